The number of hydrogen-bond donors (Lipinski definition) is 0. The number of carbonyl (C=O) groups is 1. The van der Waals surface area contributed by atoms with E-state index in [1.165, 1.54) is 6.07 Å². The Morgan fingerprint density at radius 3 is 2.32 bits per heavy atom. The second kappa shape index (κ2) is 8.55. The van der Waals surface area contributed by atoms with E-state index in [0.717, 1.165) is 17.0 Å². The van der Waals surface area contributed by atoms with Gasteiger partial charge in [-0.15, -0.1) is 0 Å². The van der Waals surface area contributed by atoms with Gasteiger partial charge in [-0.2, -0.15) is 0 Å². The Balaban J connectivity index is 1.84. The van der Waals surface area contributed by atoms with Crippen molar-refractivity contribution in [3.8, 4) is 22.7 Å². The van der Waals surface area contributed by atoms with Gasteiger partial charge in [0.25, 0.3) is 5.91 Å². The first-order chi connectivity index (χ1) is 14.9. The summed E-state index contributed by atoms with van der Waals surface area (Å²) in [4.78, 5) is 15.3. The average molecular weight is 423 g/mol. The third kappa shape index (κ3) is 4.08. The lowest BCUT2D eigenvalue weighted by Crippen LogP contribution is -2.48. The molecule has 2 atom stereocenters. The molecule has 1 aliphatic rings. The predicted octanol–water partition coefficient (Wildman–Crippen LogP) is 4.85. The van der Waals surface area contributed by atoms with Crippen molar-refractivity contribution < 1.29 is 18.7 Å². The Morgan fingerprint density at radius 2 is 1.71 bits per heavy atom. The molecule has 0 saturated carbocycles. The number of nitrogens with zero attached hydrogens (tertiary/aromatic N) is 2. The van der Waals surface area contributed by atoms with Crippen molar-refractivity contribution in [2.24, 2.45) is 0 Å². The molecule has 1 aromatic heterocycles. The molecule has 0 bridgehead atoms. The lowest BCUT2D eigenvalue weighted by molar-refractivity contribution is -0.0586. The largest absolute Gasteiger partial charge is 0.497 e. The molecule has 1 amide bonds. The van der Waals surface area contributed by atoms with E-state index in [1.54, 1.807) is 25.3 Å². The zero-order valence-corrected chi connectivity index (χ0v) is 18.3. The van der Waals surface area contributed by atoms with Gasteiger partial charge in [0, 0.05) is 18.8 Å². The number of benzene rings is 2. The molecule has 2 unspecified atom stereocenters. The predicted molar refractivity (Wildman–Crippen MR) is 118 cm³/mol. The molecule has 4 rings (SSSR count). The van der Waals surface area contributed by atoms with E-state index in [-0.39, 0.29) is 23.9 Å². The highest BCUT2D eigenvalue weighted by molar-refractivity contribution is 5.97. The monoisotopic (exact) mass is 422 g/mol. The number of halogens is 1. The molecule has 2 heterocycles. The maximum Gasteiger partial charge on any atom is 0.255 e. The minimum atomic E-state index is -0.344. The molecule has 0 aliphatic carbocycles. The van der Waals surface area contributed by atoms with Crippen molar-refractivity contribution in [1.82, 2.24) is 9.47 Å². The van der Waals surface area contributed by atoms with Gasteiger partial charge in [-0.05, 0) is 68.8 Å². The first-order valence-corrected chi connectivity index (χ1v) is 10.5. The first kappa shape index (κ1) is 21.1. The molecule has 3 aromatic rings. The molecule has 1 aliphatic heterocycles. The van der Waals surface area contributed by atoms with Crippen LogP contribution in [0.1, 0.15) is 29.9 Å². The summed E-state index contributed by atoms with van der Waals surface area (Å²) in [6, 6.07) is 16.0. The molecular formula is C25H27FN2O3. The van der Waals surface area contributed by atoms with E-state index in [2.05, 4.69) is 0 Å². The van der Waals surface area contributed by atoms with Gasteiger partial charge in [0.15, 0.2) is 0 Å². The van der Waals surface area contributed by atoms with Gasteiger partial charge in [-0.1, -0.05) is 12.1 Å². The fourth-order valence-electron chi connectivity index (χ4n) is 4.26. The molecule has 1 saturated heterocycles. The van der Waals surface area contributed by atoms with Gasteiger partial charge in [0.1, 0.15) is 11.6 Å². The minimum absolute atomic E-state index is 0.0253. The Bertz CT molecular complexity index is 1080. The molecule has 0 spiro atoms. The summed E-state index contributed by atoms with van der Waals surface area (Å²) in [5, 5.41) is 0. The summed E-state index contributed by atoms with van der Waals surface area (Å²) in [7, 11) is 1.61. The van der Waals surface area contributed by atoms with Gasteiger partial charge < -0.3 is 18.9 Å². The zero-order chi connectivity index (χ0) is 22.1. The van der Waals surface area contributed by atoms with E-state index in [4.69, 9.17) is 9.47 Å². The highest BCUT2D eigenvalue weighted by atomic mass is 19.1. The van der Waals surface area contributed by atoms with Crippen molar-refractivity contribution in [1.29, 1.82) is 0 Å². The molecule has 0 N–H and O–H groups in total. The van der Waals surface area contributed by atoms with Gasteiger partial charge in [0.2, 0.25) is 0 Å². The number of methoxy groups -OCH3 is 1. The standard InChI is InChI=1S/C25H27FN2O3/c1-16-14-27(15-17(2)31-16)25(29)21-13-24(19-9-11-20(30-4)12-10-19)28(18(21)3)23-8-6-5-7-22(23)26/h5-13,16-17H,14-15H2,1-4H3. The van der Waals surface area contributed by atoms with E-state index in [1.807, 2.05) is 60.6 Å². The number of amides is 1. The SMILES string of the molecule is COc1ccc(-c2cc(C(=O)N3CC(C)OC(C)C3)c(C)n2-c2ccccc2F)cc1. The second-order valence-electron chi connectivity index (χ2n) is 8.01. The molecule has 6 heteroatoms. The van der Waals surface area contributed by atoms with Crippen LogP contribution in [0.25, 0.3) is 16.9 Å². The number of morpholine rings is 1. The van der Waals surface area contributed by atoms with Crippen molar-refractivity contribution in [3.63, 3.8) is 0 Å². The van der Waals surface area contributed by atoms with Crippen molar-refractivity contribution >= 4 is 5.91 Å². The smallest absolute Gasteiger partial charge is 0.255 e. The lowest BCUT2D eigenvalue weighted by atomic mass is 10.1. The Kier molecular flexibility index (Phi) is 5.83. The summed E-state index contributed by atoms with van der Waals surface area (Å²) in [6.07, 6.45) is -0.0505. The van der Waals surface area contributed by atoms with E-state index < -0.39 is 0 Å². The molecule has 1 fully saturated rings. The highest BCUT2D eigenvalue weighted by Crippen LogP contribution is 2.32. The lowest BCUT2D eigenvalue weighted by Gasteiger charge is -2.35. The fourth-order valence-corrected chi connectivity index (χ4v) is 4.26. The van der Waals surface area contributed by atoms with E-state index in [0.29, 0.717) is 30.0 Å². The Morgan fingerprint density at radius 1 is 1.06 bits per heavy atom. The summed E-state index contributed by atoms with van der Waals surface area (Å²) >= 11 is 0. The second-order valence-corrected chi connectivity index (χ2v) is 8.01. The normalized spacial score (nSPS) is 18.8. The third-order valence-corrected chi connectivity index (χ3v) is 5.66. The summed E-state index contributed by atoms with van der Waals surface area (Å²) < 4.78 is 27.6. The van der Waals surface area contributed by atoms with Gasteiger partial charge in [-0.3, -0.25) is 4.79 Å². The number of hydrogen-bond acceptors (Lipinski definition) is 3. The van der Waals surface area contributed by atoms with Crippen LogP contribution in [0.3, 0.4) is 0 Å². The van der Waals surface area contributed by atoms with Crippen LogP contribution in [0, 0.1) is 12.7 Å². The number of aromatic nitrogens is 1. The van der Waals surface area contributed by atoms with Crippen LogP contribution in [0.15, 0.2) is 54.6 Å². The maximum absolute atomic E-state index is 14.8. The fraction of sp³-hybridized carbons (Fsp3) is 0.320. The van der Waals surface area contributed by atoms with Crippen LogP contribution >= 0.6 is 0 Å². The molecule has 2 aromatic carbocycles. The van der Waals surface area contributed by atoms with E-state index in [9.17, 15) is 9.18 Å². The third-order valence-electron chi connectivity index (χ3n) is 5.66. The van der Waals surface area contributed by atoms with Crippen molar-refractivity contribution in [2.45, 2.75) is 33.0 Å². The van der Waals surface area contributed by atoms with E-state index >= 15 is 0 Å². The summed E-state index contributed by atoms with van der Waals surface area (Å²) in [6.45, 7) is 6.86. The van der Waals surface area contributed by atoms with Crippen molar-refractivity contribution in [3.05, 3.63) is 71.7 Å². The number of ether oxygens (including phenoxy) is 2. The zero-order valence-electron chi connectivity index (χ0n) is 18.3. The Labute approximate surface area is 182 Å². The van der Waals surface area contributed by atoms with Crippen LogP contribution < -0.4 is 4.74 Å². The van der Waals surface area contributed by atoms with Gasteiger partial charge >= 0.3 is 0 Å². The van der Waals surface area contributed by atoms with Crippen LogP contribution in [0.5, 0.6) is 5.75 Å². The Hall–Kier alpha value is -3.12. The van der Waals surface area contributed by atoms with Crippen molar-refractivity contribution in [2.75, 3.05) is 20.2 Å². The number of rotatable bonds is 4. The molecule has 5 nitrogen and oxygen atoms in total. The minimum Gasteiger partial charge on any atom is -0.497 e. The van der Waals surface area contributed by atoms with Gasteiger partial charge in [-0.25, -0.2) is 4.39 Å². The van der Waals surface area contributed by atoms with Gasteiger partial charge in [0.05, 0.1) is 36.3 Å². The van der Waals surface area contributed by atoms with Crippen LogP contribution in [0.4, 0.5) is 4.39 Å². The molecule has 0 radical (unpaired) electrons. The number of carbonyl (C=O) groups excluding carboxylic acids is 1. The maximum atomic E-state index is 14.8. The van der Waals surface area contributed by atoms with Crippen LogP contribution in [0.2, 0.25) is 0 Å². The highest BCUT2D eigenvalue weighted by Gasteiger charge is 2.30. The van der Waals surface area contributed by atoms with Crippen LogP contribution in [-0.2, 0) is 4.74 Å². The molecule has 31 heavy (non-hydrogen) atoms. The first-order valence-electron chi connectivity index (χ1n) is 10.5. The summed E-state index contributed by atoms with van der Waals surface area (Å²) in [5.41, 5.74) is 3.30. The average Bonchev–Trinajstić information content (AvgIpc) is 3.10. The molecule has 162 valence electrons. The topological polar surface area (TPSA) is 43.7 Å². The van der Waals surface area contributed by atoms with Crippen LogP contribution in [-0.4, -0.2) is 47.8 Å². The summed E-state index contributed by atoms with van der Waals surface area (Å²) in [5.74, 6) is 0.324. The molecular weight excluding hydrogens is 395 g/mol. The number of para-hydroxylation sites is 1. The quantitative estimate of drug-likeness (QED) is 0.604.